The average Bonchev–Trinajstić information content (AvgIpc) is 3.33. The molecule has 13 heteroatoms. The van der Waals surface area contributed by atoms with Crippen LogP contribution in [-0.4, -0.2) is 38.5 Å². The minimum atomic E-state index is -0.811. The van der Waals surface area contributed by atoms with Crippen LogP contribution in [0.1, 0.15) is 36.6 Å². The summed E-state index contributed by atoms with van der Waals surface area (Å²) in [5, 5.41) is 1.02. The molecule has 0 saturated carbocycles. The van der Waals surface area contributed by atoms with Crippen molar-refractivity contribution >= 4 is 62.5 Å². The number of halogens is 3. The normalized spacial score (nSPS) is 14.4. The zero-order valence-corrected chi connectivity index (χ0v) is 29.4. The topological polar surface area (TPSA) is 97.6 Å². The molecule has 0 fully saturated rings. The van der Waals surface area contributed by atoms with E-state index in [4.69, 9.17) is 46.9 Å². The lowest BCUT2D eigenvalue weighted by Gasteiger charge is -2.25. The molecule has 0 N–H and O–H groups in total. The molecule has 0 amide bonds. The number of esters is 1. The second kappa shape index (κ2) is 14.3. The molecule has 1 aliphatic rings. The number of methoxy groups -OCH3 is 3. The van der Waals surface area contributed by atoms with Gasteiger partial charge in [0.15, 0.2) is 27.8 Å². The third kappa shape index (κ3) is 6.69. The first-order valence-electron chi connectivity index (χ1n) is 14.0. The molecule has 5 rings (SSSR count). The number of benzene rings is 3. The van der Waals surface area contributed by atoms with E-state index in [0.29, 0.717) is 63.7 Å². The second-order valence-corrected chi connectivity index (χ2v) is 12.7. The van der Waals surface area contributed by atoms with Crippen LogP contribution in [0.4, 0.5) is 0 Å². The highest BCUT2D eigenvalue weighted by Gasteiger charge is 2.34. The van der Waals surface area contributed by atoms with Crippen molar-refractivity contribution < 1.29 is 28.5 Å². The van der Waals surface area contributed by atoms with Crippen LogP contribution >= 0.6 is 50.5 Å². The number of carbonyl (C=O) groups excluding carboxylic acids is 1. The van der Waals surface area contributed by atoms with E-state index in [-0.39, 0.29) is 24.3 Å². The van der Waals surface area contributed by atoms with Gasteiger partial charge in [-0.25, -0.2) is 9.79 Å². The minimum Gasteiger partial charge on any atom is -0.493 e. The summed E-state index contributed by atoms with van der Waals surface area (Å²) in [6, 6.07) is 13.2. The lowest BCUT2D eigenvalue weighted by Crippen LogP contribution is -2.40. The number of allylic oxidation sites excluding steroid dienone is 1. The predicted molar refractivity (Wildman–Crippen MR) is 181 cm³/mol. The summed E-state index contributed by atoms with van der Waals surface area (Å²) >= 11 is 17.1. The Hall–Kier alpha value is -3.77. The van der Waals surface area contributed by atoms with Gasteiger partial charge in [0.05, 0.1) is 54.3 Å². The van der Waals surface area contributed by atoms with Crippen molar-refractivity contribution in [2.45, 2.75) is 26.5 Å². The van der Waals surface area contributed by atoms with E-state index in [1.807, 2.05) is 6.07 Å². The van der Waals surface area contributed by atoms with Crippen molar-refractivity contribution in [3.05, 3.63) is 111 Å². The first kappa shape index (κ1) is 33.6. The fraction of sp³-hybridized carbons (Fsp3) is 0.242. The van der Waals surface area contributed by atoms with E-state index in [2.05, 4.69) is 20.9 Å². The summed E-state index contributed by atoms with van der Waals surface area (Å²) in [6.07, 6.45) is 1.74. The van der Waals surface area contributed by atoms with Gasteiger partial charge in [-0.3, -0.25) is 9.36 Å². The quantitative estimate of drug-likeness (QED) is 0.172. The number of aromatic nitrogens is 1. The number of carbonyl (C=O) groups is 1. The number of hydrogen-bond donors (Lipinski definition) is 0. The van der Waals surface area contributed by atoms with Gasteiger partial charge in [-0.2, -0.15) is 0 Å². The summed E-state index contributed by atoms with van der Waals surface area (Å²) in [5.74, 6) is 1.33. The molecule has 0 aliphatic carbocycles. The summed E-state index contributed by atoms with van der Waals surface area (Å²) in [5.41, 5.74) is 2.46. The van der Waals surface area contributed by atoms with Gasteiger partial charge in [-0.1, -0.05) is 46.7 Å². The minimum absolute atomic E-state index is 0.168. The molecule has 4 aromatic rings. The van der Waals surface area contributed by atoms with Gasteiger partial charge in [0.2, 0.25) is 0 Å². The van der Waals surface area contributed by atoms with Crippen LogP contribution in [0.15, 0.2) is 74.1 Å². The molecule has 1 atom stereocenters. The summed E-state index contributed by atoms with van der Waals surface area (Å²) < 4.78 is 30.6. The molecule has 0 spiro atoms. The Morgan fingerprint density at radius 3 is 2.43 bits per heavy atom. The monoisotopic (exact) mass is 746 g/mol. The molecule has 1 aliphatic heterocycles. The first-order valence-corrected chi connectivity index (χ1v) is 16.3. The fourth-order valence-corrected chi connectivity index (χ4v) is 7.12. The Balaban J connectivity index is 1.59. The van der Waals surface area contributed by atoms with Gasteiger partial charge >= 0.3 is 5.97 Å². The standard InChI is InChI=1S/C33H29BrCl2N2O7S/c1-6-44-32(40)28-17(2)37-33-38(29(28)19-8-10-24(41-3)25(14-19)42-4)31(39)27(46-33)13-18-11-22(34)30(26(12-18)43-5)45-16-20-7-9-21(35)15-23(20)36/h7-15,29H,6,16H2,1-5H3/t29-/m0/s1. The SMILES string of the molecule is CCOC(=O)C1=C(C)N=c2sc(=Cc3cc(Br)c(OCc4ccc(Cl)cc4Cl)c(OC)c3)c(=O)n2[C@H]1c1ccc(OC)c(OC)c1. The van der Waals surface area contributed by atoms with Crippen LogP contribution in [0.5, 0.6) is 23.0 Å². The van der Waals surface area contributed by atoms with Gasteiger partial charge < -0.3 is 23.7 Å². The summed E-state index contributed by atoms with van der Waals surface area (Å²) in [6.45, 7) is 3.81. The molecule has 0 unspecified atom stereocenters. The van der Waals surface area contributed by atoms with Crippen LogP contribution in [0.25, 0.3) is 6.08 Å². The predicted octanol–water partition coefficient (Wildman–Crippen LogP) is 6.47. The zero-order valence-electron chi connectivity index (χ0n) is 25.5. The van der Waals surface area contributed by atoms with Crippen LogP contribution in [0.3, 0.4) is 0 Å². The van der Waals surface area contributed by atoms with E-state index in [0.717, 1.165) is 5.56 Å². The maximum absolute atomic E-state index is 14.1. The third-order valence-corrected chi connectivity index (χ3v) is 9.34. The highest BCUT2D eigenvalue weighted by molar-refractivity contribution is 9.10. The smallest absolute Gasteiger partial charge is 0.338 e. The van der Waals surface area contributed by atoms with Gasteiger partial charge in [0, 0.05) is 15.6 Å². The van der Waals surface area contributed by atoms with Crippen molar-refractivity contribution in [3.63, 3.8) is 0 Å². The van der Waals surface area contributed by atoms with Crippen LogP contribution in [-0.2, 0) is 16.1 Å². The third-order valence-electron chi connectivity index (χ3n) is 7.18. The van der Waals surface area contributed by atoms with Gasteiger partial charge in [-0.05, 0) is 83.4 Å². The highest BCUT2D eigenvalue weighted by Crippen LogP contribution is 2.39. The first-order chi connectivity index (χ1) is 22.1. The number of rotatable bonds is 10. The van der Waals surface area contributed by atoms with E-state index in [1.54, 1.807) is 62.4 Å². The molecule has 3 aromatic carbocycles. The van der Waals surface area contributed by atoms with Crippen molar-refractivity contribution in [3.8, 4) is 23.0 Å². The van der Waals surface area contributed by atoms with Crippen LogP contribution < -0.4 is 33.8 Å². The molecule has 240 valence electrons. The molecular formula is C33H29BrCl2N2O7S. The number of fused-ring (bicyclic) bond motifs is 1. The fourth-order valence-electron chi connectivity index (χ4n) is 5.03. The molecule has 1 aromatic heterocycles. The van der Waals surface area contributed by atoms with Crippen LogP contribution in [0.2, 0.25) is 10.0 Å². The van der Waals surface area contributed by atoms with Crippen molar-refractivity contribution in [1.82, 2.24) is 4.57 Å². The maximum atomic E-state index is 14.1. The van der Waals surface area contributed by atoms with Crippen molar-refractivity contribution in [1.29, 1.82) is 0 Å². The lowest BCUT2D eigenvalue weighted by molar-refractivity contribution is -0.139. The molecule has 46 heavy (non-hydrogen) atoms. The molecule has 0 radical (unpaired) electrons. The van der Waals surface area contributed by atoms with Gasteiger partial charge in [-0.15, -0.1) is 0 Å². The number of nitrogens with zero attached hydrogens (tertiary/aromatic N) is 2. The molecule has 9 nitrogen and oxygen atoms in total. The molecule has 2 heterocycles. The Bertz CT molecular complexity index is 2040. The van der Waals surface area contributed by atoms with Crippen LogP contribution in [0, 0.1) is 0 Å². The second-order valence-electron chi connectivity index (χ2n) is 9.98. The number of ether oxygens (including phenoxy) is 5. The Labute approximate surface area is 287 Å². The Morgan fingerprint density at radius 2 is 1.76 bits per heavy atom. The molecule has 0 saturated heterocycles. The van der Waals surface area contributed by atoms with E-state index < -0.39 is 12.0 Å². The molecule has 0 bridgehead atoms. The summed E-state index contributed by atoms with van der Waals surface area (Å²) in [7, 11) is 4.59. The lowest BCUT2D eigenvalue weighted by atomic mass is 9.95. The van der Waals surface area contributed by atoms with E-state index in [9.17, 15) is 9.59 Å². The van der Waals surface area contributed by atoms with Crippen molar-refractivity contribution in [2.75, 3.05) is 27.9 Å². The highest BCUT2D eigenvalue weighted by atomic mass is 79.9. The Kier molecular flexibility index (Phi) is 10.5. The summed E-state index contributed by atoms with van der Waals surface area (Å²) in [4.78, 5) is 32.4. The largest absolute Gasteiger partial charge is 0.493 e. The molecular weight excluding hydrogens is 719 g/mol. The number of thiazole rings is 1. The van der Waals surface area contributed by atoms with E-state index in [1.165, 1.54) is 37.2 Å². The average molecular weight is 748 g/mol. The maximum Gasteiger partial charge on any atom is 0.338 e. The van der Waals surface area contributed by atoms with Gasteiger partial charge in [0.25, 0.3) is 5.56 Å². The van der Waals surface area contributed by atoms with E-state index >= 15 is 0 Å². The Morgan fingerprint density at radius 1 is 1.02 bits per heavy atom. The van der Waals surface area contributed by atoms with Crippen molar-refractivity contribution in [2.24, 2.45) is 4.99 Å². The number of hydrogen-bond acceptors (Lipinski definition) is 9. The zero-order chi connectivity index (χ0) is 33.1. The van der Waals surface area contributed by atoms with Gasteiger partial charge in [0.1, 0.15) is 6.61 Å².